The van der Waals surface area contributed by atoms with Crippen LogP contribution in [-0.2, 0) is 9.53 Å². The highest BCUT2D eigenvalue weighted by molar-refractivity contribution is 7.17. The zero-order chi connectivity index (χ0) is 22.7. The maximum atomic E-state index is 12.8. The summed E-state index contributed by atoms with van der Waals surface area (Å²) in [6.07, 6.45) is 3.75. The molecule has 0 bridgehead atoms. The Morgan fingerprint density at radius 2 is 1.91 bits per heavy atom. The third kappa shape index (κ3) is 4.36. The number of aryl methyl sites for hydroxylation is 2. The molecule has 0 aliphatic carbocycles. The molecule has 0 atom stereocenters. The number of pyridine rings is 1. The van der Waals surface area contributed by atoms with Crippen LogP contribution in [0.15, 0.2) is 54.9 Å². The van der Waals surface area contributed by atoms with Gasteiger partial charge < -0.3 is 19.2 Å². The highest BCUT2D eigenvalue weighted by Crippen LogP contribution is 2.40. The van der Waals surface area contributed by atoms with Gasteiger partial charge in [0.2, 0.25) is 0 Å². The van der Waals surface area contributed by atoms with Crippen LogP contribution >= 0.6 is 11.3 Å². The molecule has 0 fully saturated rings. The molecule has 0 radical (unpaired) electrons. The number of rotatable bonds is 7. The second-order valence-electron chi connectivity index (χ2n) is 7.15. The lowest BCUT2D eigenvalue weighted by Gasteiger charge is -2.10. The van der Waals surface area contributed by atoms with Crippen molar-refractivity contribution in [2.75, 3.05) is 18.5 Å². The van der Waals surface area contributed by atoms with Gasteiger partial charge >= 0.3 is 5.97 Å². The summed E-state index contributed by atoms with van der Waals surface area (Å²) in [4.78, 5) is 30.8. The fourth-order valence-corrected chi connectivity index (χ4v) is 4.59. The van der Waals surface area contributed by atoms with Gasteiger partial charge in [-0.2, -0.15) is 0 Å². The molecule has 3 heterocycles. The number of nitrogens with zero attached hydrogens (tertiary/aromatic N) is 2. The number of aromatic nitrogens is 2. The number of nitrogens with one attached hydrogen (secondary N) is 1. The quantitative estimate of drug-likeness (QED) is 0.407. The molecule has 7 nitrogen and oxygen atoms in total. The van der Waals surface area contributed by atoms with Gasteiger partial charge in [0.15, 0.2) is 18.0 Å². The number of amides is 1. The fraction of sp³-hybridized carbons (Fsp3) is 0.208. The molecular weight excluding hydrogens is 426 g/mol. The molecule has 164 valence electrons. The van der Waals surface area contributed by atoms with E-state index in [-0.39, 0.29) is 19.1 Å². The normalized spacial score (nSPS) is 10.8. The van der Waals surface area contributed by atoms with Crippen molar-refractivity contribution in [3.63, 3.8) is 0 Å². The molecule has 1 amide bonds. The second kappa shape index (κ2) is 9.23. The van der Waals surface area contributed by atoms with E-state index in [1.165, 1.54) is 11.3 Å². The molecule has 4 aromatic rings. The lowest BCUT2D eigenvalue weighted by Crippen LogP contribution is -2.21. The van der Waals surface area contributed by atoms with Crippen LogP contribution in [0.5, 0.6) is 5.75 Å². The van der Waals surface area contributed by atoms with E-state index in [2.05, 4.69) is 10.3 Å². The first-order chi connectivity index (χ1) is 15.5. The largest absolute Gasteiger partial charge is 0.480 e. The van der Waals surface area contributed by atoms with Gasteiger partial charge in [0.1, 0.15) is 10.6 Å². The van der Waals surface area contributed by atoms with E-state index in [1.54, 1.807) is 13.0 Å². The number of hydrogen-bond donors (Lipinski definition) is 1. The Labute approximate surface area is 189 Å². The van der Waals surface area contributed by atoms with E-state index in [0.29, 0.717) is 22.0 Å². The molecule has 4 rings (SSSR count). The lowest BCUT2D eigenvalue weighted by molar-refractivity contribution is -0.118. The maximum Gasteiger partial charge on any atom is 0.341 e. The average molecular weight is 450 g/mol. The van der Waals surface area contributed by atoms with Gasteiger partial charge in [0.25, 0.3) is 5.91 Å². The summed E-state index contributed by atoms with van der Waals surface area (Å²) in [5, 5.41) is 3.28. The number of anilines is 1. The van der Waals surface area contributed by atoms with E-state index in [9.17, 15) is 9.59 Å². The number of benzene rings is 1. The van der Waals surface area contributed by atoms with Crippen LogP contribution < -0.4 is 10.1 Å². The van der Waals surface area contributed by atoms with Crippen LogP contribution in [0, 0.1) is 13.8 Å². The van der Waals surface area contributed by atoms with E-state index < -0.39 is 5.97 Å². The molecule has 1 aromatic carbocycles. The van der Waals surface area contributed by atoms with Crippen molar-refractivity contribution in [2.45, 2.75) is 20.8 Å². The number of carbonyl (C=O) groups is 2. The fourth-order valence-electron chi connectivity index (χ4n) is 3.51. The molecule has 0 unspecified atom stereocenters. The molecule has 0 aliphatic heterocycles. The van der Waals surface area contributed by atoms with Gasteiger partial charge in [-0.1, -0.05) is 30.3 Å². The van der Waals surface area contributed by atoms with E-state index in [4.69, 9.17) is 9.47 Å². The zero-order valence-corrected chi connectivity index (χ0v) is 18.9. The minimum absolute atomic E-state index is 0.217. The van der Waals surface area contributed by atoms with Gasteiger partial charge in [0.05, 0.1) is 12.3 Å². The van der Waals surface area contributed by atoms with Crippen LogP contribution in [0.3, 0.4) is 0 Å². The Morgan fingerprint density at radius 3 is 2.66 bits per heavy atom. The second-order valence-corrected chi connectivity index (χ2v) is 8.37. The Kier molecular flexibility index (Phi) is 6.23. The van der Waals surface area contributed by atoms with Crippen LogP contribution in [-0.4, -0.2) is 34.5 Å². The SMILES string of the molecule is CCOC(=O)c1c(NC(=O)COc2cccn3cc(C)nc23)sc(C)c1-c1ccccc1. The summed E-state index contributed by atoms with van der Waals surface area (Å²) < 4.78 is 12.9. The van der Waals surface area contributed by atoms with Gasteiger partial charge in [-0.15, -0.1) is 11.3 Å². The first kappa shape index (κ1) is 21.6. The lowest BCUT2D eigenvalue weighted by atomic mass is 10.0. The van der Waals surface area contributed by atoms with E-state index in [1.807, 2.05) is 67.0 Å². The first-order valence-corrected chi connectivity index (χ1v) is 11.0. The van der Waals surface area contributed by atoms with Crippen LogP contribution in [0.25, 0.3) is 16.8 Å². The standard InChI is InChI=1S/C24H23N3O4S/c1-4-30-24(29)21-20(17-9-6-5-7-10-17)16(3)32-23(21)26-19(28)14-31-18-11-8-12-27-13-15(2)25-22(18)27/h5-13H,4,14H2,1-3H3,(H,26,28). The Hall–Kier alpha value is -3.65. The molecule has 8 heteroatoms. The van der Waals surface area contributed by atoms with Crippen LogP contribution in [0.4, 0.5) is 5.00 Å². The zero-order valence-electron chi connectivity index (χ0n) is 18.0. The first-order valence-electron chi connectivity index (χ1n) is 10.2. The summed E-state index contributed by atoms with van der Waals surface area (Å²) in [7, 11) is 0. The highest BCUT2D eigenvalue weighted by atomic mass is 32.1. The van der Waals surface area contributed by atoms with Crippen molar-refractivity contribution in [3.05, 3.63) is 71.0 Å². The predicted octanol–water partition coefficient (Wildman–Crippen LogP) is 4.87. The molecule has 1 N–H and O–H groups in total. The Balaban J connectivity index is 1.58. The van der Waals surface area contributed by atoms with E-state index >= 15 is 0 Å². The third-order valence-electron chi connectivity index (χ3n) is 4.81. The van der Waals surface area contributed by atoms with Gasteiger partial charge in [-0.05, 0) is 38.5 Å². The summed E-state index contributed by atoms with van der Waals surface area (Å²) >= 11 is 1.34. The van der Waals surface area contributed by atoms with Crippen LogP contribution in [0.1, 0.15) is 27.9 Å². The van der Waals surface area contributed by atoms with Crippen LogP contribution in [0.2, 0.25) is 0 Å². The molecule has 0 spiro atoms. The summed E-state index contributed by atoms with van der Waals surface area (Å²) in [6.45, 7) is 5.59. The van der Waals surface area contributed by atoms with Crippen molar-refractivity contribution in [3.8, 4) is 16.9 Å². The molecule has 3 aromatic heterocycles. The predicted molar refractivity (Wildman–Crippen MR) is 125 cm³/mol. The molecule has 0 aliphatic rings. The average Bonchev–Trinajstić information content (AvgIpc) is 3.31. The Morgan fingerprint density at radius 1 is 1.12 bits per heavy atom. The summed E-state index contributed by atoms with van der Waals surface area (Å²) in [6, 6.07) is 13.2. The number of esters is 1. The number of ether oxygens (including phenoxy) is 2. The molecule has 0 saturated carbocycles. The minimum atomic E-state index is -0.468. The monoisotopic (exact) mass is 449 g/mol. The van der Waals surface area contributed by atoms with Gasteiger partial charge in [-0.25, -0.2) is 9.78 Å². The van der Waals surface area contributed by atoms with Gasteiger partial charge in [-0.3, -0.25) is 4.79 Å². The van der Waals surface area contributed by atoms with Crippen molar-refractivity contribution in [1.29, 1.82) is 0 Å². The van der Waals surface area contributed by atoms with Crippen molar-refractivity contribution >= 4 is 33.9 Å². The number of thiophene rings is 1. The number of carbonyl (C=O) groups excluding carboxylic acids is 2. The minimum Gasteiger partial charge on any atom is -0.480 e. The van der Waals surface area contributed by atoms with Gasteiger partial charge in [0, 0.05) is 22.8 Å². The smallest absolute Gasteiger partial charge is 0.341 e. The maximum absolute atomic E-state index is 12.8. The highest BCUT2D eigenvalue weighted by Gasteiger charge is 2.25. The van der Waals surface area contributed by atoms with Crippen molar-refractivity contribution < 1.29 is 19.1 Å². The summed E-state index contributed by atoms with van der Waals surface area (Å²) in [5.74, 6) is -0.333. The summed E-state index contributed by atoms with van der Waals surface area (Å²) in [5.41, 5.74) is 3.51. The molecule has 0 saturated heterocycles. The molecule has 32 heavy (non-hydrogen) atoms. The van der Waals surface area contributed by atoms with Crippen molar-refractivity contribution in [1.82, 2.24) is 9.38 Å². The number of imidazole rings is 1. The third-order valence-corrected chi connectivity index (χ3v) is 5.83. The van der Waals surface area contributed by atoms with E-state index in [0.717, 1.165) is 21.7 Å². The number of hydrogen-bond acceptors (Lipinski definition) is 6. The number of fused-ring (bicyclic) bond motifs is 1. The topological polar surface area (TPSA) is 81.9 Å². The Bertz CT molecular complexity index is 1280. The van der Waals surface area contributed by atoms with Crippen molar-refractivity contribution in [2.24, 2.45) is 0 Å². The molecular formula is C24H23N3O4S.